The van der Waals surface area contributed by atoms with Crippen molar-refractivity contribution in [3.05, 3.63) is 106 Å². The predicted molar refractivity (Wildman–Crippen MR) is 122 cm³/mol. The Bertz CT molecular complexity index is 1330. The van der Waals surface area contributed by atoms with Crippen LogP contribution in [0.2, 0.25) is 0 Å². The summed E-state index contributed by atoms with van der Waals surface area (Å²) in [4.78, 5) is 46.3. The number of H-pyrrole nitrogens is 1. The minimum Gasteiger partial charge on any atom is -0.309 e. The Morgan fingerprint density at radius 2 is 1.75 bits per heavy atom. The summed E-state index contributed by atoms with van der Waals surface area (Å²) in [6, 6.07) is 16.2. The lowest BCUT2D eigenvalue weighted by Gasteiger charge is -2.13. The lowest BCUT2D eigenvalue weighted by molar-refractivity contribution is 0.0863. The van der Waals surface area contributed by atoms with Gasteiger partial charge >= 0.3 is 5.69 Å². The van der Waals surface area contributed by atoms with Gasteiger partial charge in [-0.15, -0.1) is 0 Å². The average Bonchev–Trinajstić information content (AvgIpc) is 3.40. The van der Waals surface area contributed by atoms with E-state index in [9.17, 15) is 14.4 Å². The third-order valence-electron chi connectivity index (χ3n) is 5.66. The Kier molecular flexibility index (Phi) is 5.73. The van der Waals surface area contributed by atoms with E-state index in [1.54, 1.807) is 25.3 Å². The minimum atomic E-state index is -0.594. The second-order valence-electron chi connectivity index (χ2n) is 7.64. The summed E-state index contributed by atoms with van der Waals surface area (Å²) in [5, 5.41) is 0. The molecule has 4 aromatic rings. The van der Waals surface area contributed by atoms with Crippen molar-refractivity contribution in [3.8, 4) is 5.69 Å². The normalized spacial score (nSPS) is 12.0. The molecule has 7 heteroatoms. The van der Waals surface area contributed by atoms with E-state index in [0.717, 1.165) is 21.6 Å². The zero-order valence-electron chi connectivity index (χ0n) is 18.2. The van der Waals surface area contributed by atoms with E-state index in [0.29, 0.717) is 17.7 Å². The highest BCUT2D eigenvalue weighted by atomic mass is 16.2. The molecule has 0 bridgehead atoms. The fourth-order valence-corrected chi connectivity index (χ4v) is 3.82. The summed E-state index contributed by atoms with van der Waals surface area (Å²) in [7, 11) is 0. The predicted octanol–water partition coefficient (Wildman–Crippen LogP) is 3.91. The summed E-state index contributed by atoms with van der Waals surface area (Å²) < 4.78 is 2.90. The minimum absolute atomic E-state index is 0.0943. The molecule has 0 saturated carbocycles. The molecule has 1 N–H and O–H groups in total. The van der Waals surface area contributed by atoms with Crippen LogP contribution in [-0.2, 0) is 6.42 Å². The van der Waals surface area contributed by atoms with Gasteiger partial charge in [0.05, 0.1) is 5.92 Å². The summed E-state index contributed by atoms with van der Waals surface area (Å²) in [5.74, 6) is -0.557. The van der Waals surface area contributed by atoms with Crippen LogP contribution in [0.1, 0.15) is 57.7 Å². The SMILES string of the molecule is CCc1[nH]c(=O)n(C(=O)C(C)c2ccccc2)c1C(=O)c1ccc(-n2ccnc2C)cc1. The number of rotatable bonds is 6. The smallest absolute Gasteiger partial charge is 0.309 e. The molecule has 0 saturated heterocycles. The Hall–Kier alpha value is -4.00. The third-order valence-corrected chi connectivity index (χ3v) is 5.66. The Morgan fingerprint density at radius 3 is 2.34 bits per heavy atom. The highest BCUT2D eigenvalue weighted by molar-refractivity contribution is 6.10. The van der Waals surface area contributed by atoms with Crippen molar-refractivity contribution in [2.75, 3.05) is 0 Å². The van der Waals surface area contributed by atoms with Gasteiger partial charge in [0, 0.05) is 29.3 Å². The van der Waals surface area contributed by atoms with E-state index in [-0.39, 0.29) is 11.5 Å². The number of aromatic nitrogens is 4. The van der Waals surface area contributed by atoms with Gasteiger partial charge in [0.15, 0.2) is 0 Å². The van der Waals surface area contributed by atoms with Gasteiger partial charge in [-0.1, -0.05) is 37.3 Å². The fraction of sp³-hybridized carbons (Fsp3) is 0.200. The summed E-state index contributed by atoms with van der Waals surface area (Å²) in [5.41, 5.74) is 1.99. The lowest BCUT2D eigenvalue weighted by Crippen LogP contribution is -2.31. The fourth-order valence-electron chi connectivity index (χ4n) is 3.82. The van der Waals surface area contributed by atoms with Crippen LogP contribution < -0.4 is 5.69 Å². The van der Waals surface area contributed by atoms with Gasteiger partial charge in [-0.05, 0) is 50.1 Å². The molecular weight excluding hydrogens is 404 g/mol. The Balaban J connectivity index is 1.73. The number of carbonyl (C=O) groups is 2. The first kappa shape index (κ1) is 21.2. The van der Waals surface area contributed by atoms with E-state index < -0.39 is 17.5 Å². The maximum absolute atomic E-state index is 13.4. The molecule has 0 aliphatic heterocycles. The van der Waals surface area contributed by atoms with Crippen LogP contribution in [0, 0.1) is 6.92 Å². The van der Waals surface area contributed by atoms with Crippen molar-refractivity contribution in [1.29, 1.82) is 0 Å². The molecular formula is C25H24N4O3. The molecule has 2 aromatic heterocycles. The van der Waals surface area contributed by atoms with Crippen LogP contribution in [0.3, 0.4) is 0 Å². The molecule has 2 aromatic carbocycles. The van der Waals surface area contributed by atoms with Crippen molar-refractivity contribution in [2.24, 2.45) is 0 Å². The molecule has 0 aliphatic rings. The molecule has 0 amide bonds. The summed E-state index contributed by atoms with van der Waals surface area (Å²) >= 11 is 0. The third kappa shape index (κ3) is 3.73. The average molecular weight is 428 g/mol. The van der Waals surface area contributed by atoms with Crippen LogP contribution in [-0.4, -0.2) is 30.8 Å². The number of hydrogen-bond acceptors (Lipinski definition) is 4. The van der Waals surface area contributed by atoms with Gasteiger partial charge in [0.1, 0.15) is 11.5 Å². The number of aromatic amines is 1. The molecule has 0 radical (unpaired) electrons. The van der Waals surface area contributed by atoms with E-state index in [2.05, 4.69) is 9.97 Å². The topological polar surface area (TPSA) is 89.8 Å². The summed E-state index contributed by atoms with van der Waals surface area (Å²) in [6.07, 6.45) is 3.97. The highest BCUT2D eigenvalue weighted by Crippen LogP contribution is 2.21. The molecule has 1 unspecified atom stereocenters. The number of aryl methyl sites for hydroxylation is 2. The number of nitrogens with zero attached hydrogens (tertiary/aromatic N) is 3. The molecule has 32 heavy (non-hydrogen) atoms. The van der Waals surface area contributed by atoms with Gasteiger partial charge in [0.2, 0.25) is 11.7 Å². The van der Waals surface area contributed by atoms with Crippen LogP contribution in [0.15, 0.2) is 71.8 Å². The summed E-state index contributed by atoms with van der Waals surface area (Å²) in [6.45, 7) is 5.46. The first-order valence-electron chi connectivity index (χ1n) is 10.5. The second kappa shape index (κ2) is 8.63. The lowest BCUT2D eigenvalue weighted by atomic mass is 9.99. The number of carbonyl (C=O) groups excluding carboxylic acids is 2. The van der Waals surface area contributed by atoms with Gasteiger partial charge < -0.3 is 9.55 Å². The Morgan fingerprint density at radius 1 is 1.06 bits per heavy atom. The number of benzene rings is 2. The largest absolute Gasteiger partial charge is 0.333 e. The van der Waals surface area contributed by atoms with Crippen molar-refractivity contribution < 1.29 is 9.59 Å². The van der Waals surface area contributed by atoms with E-state index >= 15 is 0 Å². The van der Waals surface area contributed by atoms with Gasteiger partial charge in [-0.25, -0.2) is 14.3 Å². The zero-order valence-corrected chi connectivity index (χ0v) is 18.2. The number of imidazole rings is 2. The van der Waals surface area contributed by atoms with Crippen LogP contribution in [0.25, 0.3) is 5.69 Å². The van der Waals surface area contributed by atoms with Gasteiger partial charge in [-0.2, -0.15) is 0 Å². The van der Waals surface area contributed by atoms with Gasteiger partial charge in [0.25, 0.3) is 0 Å². The van der Waals surface area contributed by atoms with E-state index in [1.807, 2.05) is 67.1 Å². The molecule has 2 heterocycles. The maximum atomic E-state index is 13.4. The maximum Gasteiger partial charge on any atom is 0.333 e. The van der Waals surface area contributed by atoms with E-state index in [1.165, 1.54) is 0 Å². The van der Waals surface area contributed by atoms with Crippen molar-refractivity contribution in [2.45, 2.75) is 33.1 Å². The van der Waals surface area contributed by atoms with Crippen LogP contribution in [0.4, 0.5) is 0 Å². The molecule has 0 fully saturated rings. The first-order valence-corrected chi connectivity index (χ1v) is 10.5. The van der Waals surface area contributed by atoms with E-state index in [4.69, 9.17) is 0 Å². The van der Waals surface area contributed by atoms with Crippen molar-refractivity contribution in [3.63, 3.8) is 0 Å². The molecule has 4 rings (SSSR count). The zero-order chi connectivity index (χ0) is 22.8. The van der Waals surface area contributed by atoms with Crippen molar-refractivity contribution >= 4 is 11.7 Å². The second-order valence-corrected chi connectivity index (χ2v) is 7.64. The molecule has 0 aliphatic carbocycles. The monoisotopic (exact) mass is 428 g/mol. The number of hydrogen-bond donors (Lipinski definition) is 1. The Labute approximate surface area is 185 Å². The highest BCUT2D eigenvalue weighted by Gasteiger charge is 2.28. The molecule has 1 atom stereocenters. The molecule has 7 nitrogen and oxygen atoms in total. The first-order chi connectivity index (χ1) is 15.4. The standard InChI is InChI=1S/C25H24N4O3/c1-4-21-22(23(30)19-10-12-20(13-11-19)28-15-14-26-17(28)3)29(25(32)27-21)24(31)16(2)18-8-6-5-7-9-18/h5-16H,4H2,1-3H3,(H,27,32). The van der Waals surface area contributed by atoms with Crippen molar-refractivity contribution in [1.82, 2.24) is 19.1 Å². The van der Waals surface area contributed by atoms with Crippen LogP contribution in [0.5, 0.6) is 0 Å². The number of nitrogens with one attached hydrogen (secondary N) is 1. The van der Waals surface area contributed by atoms with Crippen LogP contribution >= 0.6 is 0 Å². The molecule has 0 spiro atoms. The number of ketones is 1. The molecule has 162 valence electrons. The quantitative estimate of drug-likeness (QED) is 0.472. The van der Waals surface area contributed by atoms with Gasteiger partial charge in [-0.3, -0.25) is 9.59 Å².